The average molecular weight is 256 g/mol. The molecule has 0 amide bonds. The number of nitrogens with one attached hydrogen (secondary N) is 1. The van der Waals surface area contributed by atoms with Gasteiger partial charge >= 0.3 is 0 Å². The highest BCUT2D eigenvalue weighted by molar-refractivity contribution is 5.68. The average Bonchev–Trinajstić information content (AvgIpc) is 2.38. The number of aromatic nitrogens is 3. The number of hydrogen-bond donors (Lipinski definition) is 1. The van der Waals surface area contributed by atoms with Crippen LogP contribution in [0.3, 0.4) is 0 Å². The molecule has 0 bridgehead atoms. The van der Waals surface area contributed by atoms with Crippen LogP contribution >= 0.6 is 0 Å². The van der Waals surface area contributed by atoms with Gasteiger partial charge in [0.05, 0.1) is 5.69 Å². The van der Waals surface area contributed by atoms with Gasteiger partial charge in [-0.15, -0.1) is 0 Å². The highest BCUT2D eigenvalue weighted by Gasteiger charge is 2.16. The molecular formula is C15H20N4. The summed E-state index contributed by atoms with van der Waals surface area (Å²) < 4.78 is 0. The molecule has 0 unspecified atom stereocenters. The van der Waals surface area contributed by atoms with Gasteiger partial charge < -0.3 is 5.32 Å². The minimum Gasteiger partial charge on any atom is -0.370 e. The Balaban J connectivity index is 2.59. The summed E-state index contributed by atoms with van der Waals surface area (Å²) in [7, 11) is 0. The Labute approximate surface area is 114 Å². The largest absolute Gasteiger partial charge is 0.370 e. The zero-order chi connectivity index (χ0) is 13.8. The second-order valence-corrected chi connectivity index (χ2v) is 4.92. The molecule has 2 aromatic heterocycles. The van der Waals surface area contributed by atoms with Crippen molar-refractivity contribution in [3.63, 3.8) is 0 Å². The van der Waals surface area contributed by atoms with E-state index in [1.54, 1.807) is 6.33 Å². The third kappa shape index (κ3) is 2.89. The number of hydrogen-bond acceptors (Lipinski definition) is 4. The van der Waals surface area contributed by atoms with Crippen LogP contribution in [-0.4, -0.2) is 21.5 Å². The third-order valence-electron chi connectivity index (χ3n) is 2.95. The molecule has 19 heavy (non-hydrogen) atoms. The van der Waals surface area contributed by atoms with Crippen molar-refractivity contribution in [2.24, 2.45) is 0 Å². The van der Waals surface area contributed by atoms with Gasteiger partial charge in [0.15, 0.2) is 0 Å². The quantitative estimate of drug-likeness (QED) is 0.910. The van der Waals surface area contributed by atoms with Gasteiger partial charge in [0.1, 0.15) is 12.1 Å². The molecule has 0 spiro atoms. The SMILES string of the molecule is CCNc1ncnc(-c2cncc(C)c2)c1C(C)C. The highest BCUT2D eigenvalue weighted by Crippen LogP contribution is 2.31. The lowest BCUT2D eigenvalue weighted by molar-refractivity contribution is 0.849. The summed E-state index contributed by atoms with van der Waals surface area (Å²) in [5.41, 5.74) is 4.30. The van der Waals surface area contributed by atoms with Gasteiger partial charge in [0, 0.05) is 30.1 Å². The van der Waals surface area contributed by atoms with Gasteiger partial charge in [-0.2, -0.15) is 0 Å². The van der Waals surface area contributed by atoms with Crippen LogP contribution in [0.15, 0.2) is 24.8 Å². The van der Waals surface area contributed by atoms with E-state index in [0.29, 0.717) is 5.92 Å². The molecule has 2 aromatic rings. The Hall–Kier alpha value is -1.97. The van der Waals surface area contributed by atoms with E-state index in [2.05, 4.69) is 47.1 Å². The van der Waals surface area contributed by atoms with Crippen LogP contribution in [0.5, 0.6) is 0 Å². The number of nitrogens with zero attached hydrogens (tertiary/aromatic N) is 3. The highest BCUT2D eigenvalue weighted by atomic mass is 15.0. The summed E-state index contributed by atoms with van der Waals surface area (Å²) in [5, 5.41) is 3.31. The van der Waals surface area contributed by atoms with Crippen molar-refractivity contribution in [2.45, 2.75) is 33.6 Å². The summed E-state index contributed by atoms with van der Waals surface area (Å²) in [6.45, 7) is 9.28. The molecule has 2 heterocycles. The molecule has 2 rings (SSSR count). The minimum atomic E-state index is 0.353. The molecule has 0 fully saturated rings. The van der Waals surface area contributed by atoms with Crippen molar-refractivity contribution < 1.29 is 0 Å². The fraction of sp³-hybridized carbons (Fsp3) is 0.400. The maximum absolute atomic E-state index is 4.46. The van der Waals surface area contributed by atoms with E-state index >= 15 is 0 Å². The van der Waals surface area contributed by atoms with Crippen LogP contribution in [0.1, 0.15) is 37.8 Å². The standard InChI is InChI=1S/C15H20N4/c1-5-17-15-13(10(2)3)14(18-9-19-15)12-6-11(4)7-16-8-12/h6-10H,5H2,1-4H3,(H,17,18,19). The molecule has 100 valence electrons. The van der Waals surface area contributed by atoms with Gasteiger partial charge in [0.2, 0.25) is 0 Å². The number of pyridine rings is 1. The van der Waals surface area contributed by atoms with Crippen molar-refractivity contribution in [3.8, 4) is 11.3 Å². The molecule has 4 nitrogen and oxygen atoms in total. The smallest absolute Gasteiger partial charge is 0.133 e. The predicted octanol–water partition coefficient (Wildman–Crippen LogP) is 3.40. The van der Waals surface area contributed by atoms with Crippen molar-refractivity contribution in [3.05, 3.63) is 35.9 Å². The second-order valence-electron chi connectivity index (χ2n) is 4.92. The van der Waals surface area contributed by atoms with Crippen LogP contribution in [0, 0.1) is 6.92 Å². The lowest BCUT2D eigenvalue weighted by Gasteiger charge is -2.16. The van der Waals surface area contributed by atoms with Crippen LogP contribution in [0.2, 0.25) is 0 Å². The van der Waals surface area contributed by atoms with Crippen LogP contribution in [-0.2, 0) is 0 Å². The first-order valence-corrected chi connectivity index (χ1v) is 6.64. The van der Waals surface area contributed by atoms with Crippen LogP contribution in [0.4, 0.5) is 5.82 Å². The Morgan fingerprint density at radius 2 is 2.00 bits per heavy atom. The summed E-state index contributed by atoms with van der Waals surface area (Å²) >= 11 is 0. The Morgan fingerprint density at radius 3 is 2.63 bits per heavy atom. The first-order valence-electron chi connectivity index (χ1n) is 6.64. The molecule has 1 N–H and O–H groups in total. The molecule has 4 heteroatoms. The Morgan fingerprint density at radius 1 is 1.21 bits per heavy atom. The molecular weight excluding hydrogens is 236 g/mol. The summed E-state index contributed by atoms with van der Waals surface area (Å²) in [5.74, 6) is 1.27. The fourth-order valence-electron chi connectivity index (χ4n) is 2.17. The topological polar surface area (TPSA) is 50.7 Å². The molecule has 0 aromatic carbocycles. The lowest BCUT2D eigenvalue weighted by Crippen LogP contribution is -2.07. The van der Waals surface area contributed by atoms with Gasteiger partial charge in [-0.3, -0.25) is 4.98 Å². The van der Waals surface area contributed by atoms with E-state index in [1.807, 2.05) is 19.3 Å². The van der Waals surface area contributed by atoms with Crippen molar-refractivity contribution in [1.29, 1.82) is 0 Å². The van der Waals surface area contributed by atoms with E-state index in [4.69, 9.17) is 0 Å². The Kier molecular flexibility index (Phi) is 4.10. The molecule has 0 aliphatic heterocycles. The zero-order valence-corrected chi connectivity index (χ0v) is 11.9. The molecule has 0 aliphatic rings. The molecule has 0 aliphatic carbocycles. The van der Waals surface area contributed by atoms with E-state index in [-0.39, 0.29) is 0 Å². The summed E-state index contributed by atoms with van der Waals surface area (Å²) in [4.78, 5) is 13.1. The molecule has 0 saturated heterocycles. The number of anilines is 1. The number of aryl methyl sites for hydroxylation is 1. The monoisotopic (exact) mass is 256 g/mol. The van der Waals surface area contributed by atoms with Crippen LogP contribution in [0.25, 0.3) is 11.3 Å². The van der Waals surface area contributed by atoms with Crippen molar-refractivity contribution in [2.75, 3.05) is 11.9 Å². The van der Waals surface area contributed by atoms with Crippen molar-refractivity contribution in [1.82, 2.24) is 15.0 Å². The van der Waals surface area contributed by atoms with E-state index in [9.17, 15) is 0 Å². The summed E-state index contributed by atoms with van der Waals surface area (Å²) in [6.07, 6.45) is 5.32. The van der Waals surface area contributed by atoms with E-state index in [0.717, 1.165) is 34.7 Å². The minimum absolute atomic E-state index is 0.353. The van der Waals surface area contributed by atoms with E-state index in [1.165, 1.54) is 0 Å². The first-order chi connectivity index (χ1) is 9.13. The zero-order valence-electron chi connectivity index (χ0n) is 11.9. The Bertz CT molecular complexity index is 564. The van der Waals surface area contributed by atoms with E-state index < -0.39 is 0 Å². The number of rotatable bonds is 4. The maximum atomic E-state index is 4.46. The second kappa shape index (κ2) is 5.78. The normalized spacial score (nSPS) is 10.8. The third-order valence-corrected chi connectivity index (χ3v) is 2.95. The predicted molar refractivity (Wildman–Crippen MR) is 78.3 cm³/mol. The van der Waals surface area contributed by atoms with Crippen LogP contribution < -0.4 is 5.32 Å². The first kappa shape index (κ1) is 13.5. The van der Waals surface area contributed by atoms with Crippen molar-refractivity contribution >= 4 is 5.82 Å². The fourth-order valence-corrected chi connectivity index (χ4v) is 2.17. The maximum Gasteiger partial charge on any atom is 0.133 e. The van der Waals surface area contributed by atoms with Gasteiger partial charge in [-0.05, 0) is 31.4 Å². The van der Waals surface area contributed by atoms with Gasteiger partial charge in [-0.1, -0.05) is 13.8 Å². The van der Waals surface area contributed by atoms with Gasteiger partial charge in [0.25, 0.3) is 0 Å². The summed E-state index contributed by atoms with van der Waals surface area (Å²) in [6, 6.07) is 2.11. The lowest BCUT2D eigenvalue weighted by atomic mass is 9.97. The molecule has 0 saturated carbocycles. The molecule has 0 atom stereocenters. The molecule has 0 radical (unpaired) electrons. The van der Waals surface area contributed by atoms with Gasteiger partial charge in [-0.25, -0.2) is 9.97 Å².